The Bertz CT molecular complexity index is 170. The fourth-order valence-electron chi connectivity index (χ4n) is 2.35. The van der Waals surface area contributed by atoms with Gasteiger partial charge in [-0.3, -0.25) is 0 Å². The minimum Gasteiger partial charge on any atom is -0.103 e. The highest BCUT2D eigenvalue weighted by atomic mass is 28.3. The topological polar surface area (TPSA) is 0 Å². The van der Waals surface area contributed by atoms with Crippen LogP contribution < -0.4 is 0 Å². The Morgan fingerprint density at radius 1 is 1.14 bits per heavy atom. The van der Waals surface area contributed by atoms with Crippen molar-refractivity contribution in [2.24, 2.45) is 11.8 Å². The zero-order valence-electron chi connectivity index (χ0n) is 10.2. The van der Waals surface area contributed by atoms with E-state index in [1.165, 1.54) is 38.1 Å². The van der Waals surface area contributed by atoms with Crippen LogP contribution in [0.15, 0.2) is 12.7 Å². The molecule has 0 aromatic rings. The summed E-state index contributed by atoms with van der Waals surface area (Å²) in [6.45, 7) is 11.4. The first-order valence-electron chi connectivity index (χ1n) is 6.14. The lowest BCUT2D eigenvalue weighted by atomic mass is 9.81. The Morgan fingerprint density at radius 2 is 1.71 bits per heavy atom. The highest BCUT2D eigenvalue weighted by molar-refractivity contribution is 6.76. The molecular weight excluding hydrogens is 184 g/mol. The van der Waals surface area contributed by atoms with Crippen LogP contribution in [-0.4, -0.2) is 8.07 Å². The van der Waals surface area contributed by atoms with Crippen LogP contribution in [0.25, 0.3) is 0 Å². The van der Waals surface area contributed by atoms with E-state index in [-0.39, 0.29) is 0 Å². The van der Waals surface area contributed by atoms with E-state index >= 15 is 0 Å². The molecule has 0 atom stereocenters. The second-order valence-corrected chi connectivity index (χ2v) is 11.7. The summed E-state index contributed by atoms with van der Waals surface area (Å²) in [5.41, 5.74) is 0. The third kappa shape index (κ3) is 4.45. The van der Waals surface area contributed by atoms with Gasteiger partial charge in [0.05, 0.1) is 0 Å². The zero-order chi connectivity index (χ0) is 10.6. The van der Waals surface area contributed by atoms with Crippen molar-refractivity contribution in [3.05, 3.63) is 12.7 Å². The summed E-state index contributed by atoms with van der Waals surface area (Å²) in [4.78, 5) is 0. The number of rotatable bonds is 4. The molecule has 82 valence electrons. The molecule has 0 spiro atoms. The molecule has 0 radical (unpaired) electrons. The van der Waals surface area contributed by atoms with Crippen molar-refractivity contribution >= 4 is 8.07 Å². The molecule has 0 bridgehead atoms. The monoisotopic (exact) mass is 210 g/mol. The summed E-state index contributed by atoms with van der Waals surface area (Å²) in [7, 11) is -0.787. The molecule has 0 unspecified atom stereocenters. The Hall–Kier alpha value is -0.0431. The summed E-state index contributed by atoms with van der Waals surface area (Å²) >= 11 is 0. The van der Waals surface area contributed by atoms with Crippen LogP contribution >= 0.6 is 0 Å². The summed E-state index contributed by atoms with van der Waals surface area (Å²) in [6, 6.07) is 1.52. The maximum atomic E-state index is 3.90. The van der Waals surface area contributed by atoms with E-state index in [1.54, 1.807) is 0 Å². The summed E-state index contributed by atoms with van der Waals surface area (Å²) in [5, 5.41) is 0. The predicted molar refractivity (Wildman–Crippen MR) is 68.4 cm³/mol. The lowest BCUT2D eigenvalue weighted by molar-refractivity contribution is 0.303. The number of allylic oxidation sites excluding steroid dienone is 1. The van der Waals surface area contributed by atoms with Gasteiger partial charge in [0.1, 0.15) is 0 Å². The second-order valence-electron chi connectivity index (χ2n) is 6.12. The van der Waals surface area contributed by atoms with Gasteiger partial charge >= 0.3 is 0 Å². The van der Waals surface area contributed by atoms with Crippen LogP contribution in [0.5, 0.6) is 0 Å². The Morgan fingerprint density at radius 3 is 2.14 bits per heavy atom. The van der Waals surface area contributed by atoms with Crippen molar-refractivity contribution in [1.29, 1.82) is 0 Å². The molecular formula is C13H26Si. The molecule has 0 nitrogen and oxygen atoms in total. The third-order valence-corrected chi connectivity index (χ3v) is 5.32. The summed E-state index contributed by atoms with van der Waals surface area (Å²) in [6.07, 6.45) is 9.39. The summed E-state index contributed by atoms with van der Waals surface area (Å²) in [5.74, 6) is 1.87. The quantitative estimate of drug-likeness (QED) is 0.466. The zero-order valence-corrected chi connectivity index (χ0v) is 11.2. The minimum atomic E-state index is -0.787. The third-order valence-electron chi connectivity index (χ3n) is 3.53. The fraction of sp³-hybridized carbons (Fsp3) is 0.846. The number of hydrogen-bond acceptors (Lipinski definition) is 0. The maximum Gasteiger partial charge on any atom is 0.0442 e. The van der Waals surface area contributed by atoms with E-state index in [1.807, 2.05) is 0 Å². The van der Waals surface area contributed by atoms with Crippen molar-refractivity contribution in [2.75, 3.05) is 0 Å². The minimum absolute atomic E-state index is 0.787. The van der Waals surface area contributed by atoms with Gasteiger partial charge in [0.25, 0.3) is 0 Å². The van der Waals surface area contributed by atoms with Gasteiger partial charge < -0.3 is 0 Å². The molecule has 0 amide bonds. The van der Waals surface area contributed by atoms with E-state index < -0.39 is 8.07 Å². The van der Waals surface area contributed by atoms with E-state index in [0.29, 0.717) is 0 Å². The fourth-order valence-corrected chi connectivity index (χ4v) is 3.62. The Balaban J connectivity index is 2.19. The maximum absolute atomic E-state index is 3.90. The Kier molecular flexibility index (Phi) is 4.43. The van der Waals surface area contributed by atoms with Crippen LogP contribution in [0.4, 0.5) is 0 Å². The average Bonchev–Trinajstić information content (AvgIpc) is 2.14. The molecule has 14 heavy (non-hydrogen) atoms. The molecule has 1 aliphatic carbocycles. The average molecular weight is 210 g/mol. The molecule has 1 rings (SSSR count). The largest absolute Gasteiger partial charge is 0.103 e. The van der Waals surface area contributed by atoms with Crippen LogP contribution in [0.3, 0.4) is 0 Å². The predicted octanol–water partition coefficient (Wildman–Crippen LogP) is 4.71. The summed E-state index contributed by atoms with van der Waals surface area (Å²) < 4.78 is 0. The second kappa shape index (κ2) is 5.15. The van der Waals surface area contributed by atoms with E-state index in [9.17, 15) is 0 Å². The molecule has 1 aliphatic rings. The molecule has 1 heteroatoms. The van der Waals surface area contributed by atoms with Crippen molar-refractivity contribution in [1.82, 2.24) is 0 Å². The first-order valence-corrected chi connectivity index (χ1v) is 9.84. The smallest absolute Gasteiger partial charge is 0.0442 e. The van der Waals surface area contributed by atoms with Gasteiger partial charge in [-0.2, -0.15) is 0 Å². The lowest BCUT2D eigenvalue weighted by Crippen LogP contribution is -2.22. The van der Waals surface area contributed by atoms with E-state index in [0.717, 1.165) is 11.8 Å². The highest BCUT2D eigenvalue weighted by Gasteiger charge is 2.21. The van der Waals surface area contributed by atoms with Crippen LogP contribution in [0.2, 0.25) is 25.7 Å². The van der Waals surface area contributed by atoms with Crippen molar-refractivity contribution in [2.45, 2.75) is 57.8 Å². The van der Waals surface area contributed by atoms with Gasteiger partial charge in [-0.1, -0.05) is 38.2 Å². The molecule has 1 saturated carbocycles. The molecule has 0 aliphatic heterocycles. The standard InChI is InChI=1S/C13H26Si/c1-5-12-6-8-13(9-7-12)10-11-14(2,3)4/h5,12-13H,1,6-11H2,2-4H3. The van der Waals surface area contributed by atoms with E-state index in [4.69, 9.17) is 0 Å². The Labute approximate surface area is 90.8 Å². The van der Waals surface area contributed by atoms with Crippen LogP contribution in [0.1, 0.15) is 32.1 Å². The molecule has 0 aromatic carbocycles. The van der Waals surface area contributed by atoms with Gasteiger partial charge in [-0.25, -0.2) is 0 Å². The van der Waals surface area contributed by atoms with Gasteiger partial charge in [0.15, 0.2) is 0 Å². The van der Waals surface area contributed by atoms with Gasteiger partial charge in [0, 0.05) is 8.07 Å². The molecule has 1 fully saturated rings. The van der Waals surface area contributed by atoms with Crippen molar-refractivity contribution in [3.8, 4) is 0 Å². The van der Waals surface area contributed by atoms with Crippen LogP contribution in [-0.2, 0) is 0 Å². The molecule has 0 heterocycles. The molecule has 0 N–H and O–H groups in total. The van der Waals surface area contributed by atoms with E-state index in [2.05, 4.69) is 32.3 Å². The SMILES string of the molecule is C=CC1CCC(CC[Si](C)(C)C)CC1. The highest BCUT2D eigenvalue weighted by Crippen LogP contribution is 2.33. The van der Waals surface area contributed by atoms with Crippen LogP contribution in [0, 0.1) is 11.8 Å². The van der Waals surface area contributed by atoms with Crippen molar-refractivity contribution < 1.29 is 0 Å². The van der Waals surface area contributed by atoms with Gasteiger partial charge in [-0.05, 0) is 37.5 Å². The molecule has 0 aromatic heterocycles. The van der Waals surface area contributed by atoms with Gasteiger partial charge in [-0.15, -0.1) is 6.58 Å². The normalized spacial score (nSPS) is 28.8. The lowest BCUT2D eigenvalue weighted by Gasteiger charge is -2.28. The van der Waals surface area contributed by atoms with Gasteiger partial charge in [0.2, 0.25) is 0 Å². The first-order chi connectivity index (χ1) is 6.51. The first kappa shape index (κ1) is 12.0. The molecule has 0 saturated heterocycles. The number of hydrogen-bond donors (Lipinski definition) is 0. The van der Waals surface area contributed by atoms with Crippen molar-refractivity contribution in [3.63, 3.8) is 0 Å².